The van der Waals surface area contributed by atoms with Crippen molar-refractivity contribution in [1.29, 1.82) is 0 Å². The van der Waals surface area contributed by atoms with Crippen LogP contribution in [0.25, 0.3) is 0 Å². The summed E-state index contributed by atoms with van der Waals surface area (Å²) in [5, 5.41) is 5.66. The fourth-order valence-corrected chi connectivity index (χ4v) is 2.71. The van der Waals surface area contributed by atoms with Gasteiger partial charge in [0.15, 0.2) is 0 Å². The summed E-state index contributed by atoms with van der Waals surface area (Å²) in [4.78, 5) is 25.3. The molecule has 0 spiro atoms. The molecule has 0 bridgehead atoms. The summed E-state index contributed by atoms with van der Waals surface area (Å²) in [7, 11) is 0. The number of rotatable bonds is 7. The number of amides is 2. The zero-order valence-electron chi connectivity index (χ0n) is 15.1. The lowest BCUT2D eigenvalue weighted by Gasteiger charge is -2.22. The van der Waals surface area contributed by atoms with Crippen molar-refractivity contribution >= 4 is 33.4 Å². The Hall–Kier alpha value is -2.34. The Morgan fingerprint density at radius 1 is 1.08 bits per heavy atom. The van der Waals surface area contributed by atoms with Gasteiger partial charge in [-0.15, -0.1) is 0 Å². The van der Waals surface area contributed by atoms with E-state index in [0.29, 0.717) is 23.6 Å². The van der Waals surface area contributed by atoms with Gasteiger partial charge in [0.1, 0.15) is 11.8 Å². The van der Waals surface area contributed by atoms with Gasteiger partial charge < -0.3 is 15.4 Å². The molecule has 5 nitrogen and oxygen atoms in total. The first kappa shape index (κ1) is 20.0. The smallest absolute Gasteiger partial charge is 0.255 e. The first-order valence-electron chi connectivity index (χ1n) is 8.51. The standard InChI is InChI=1S/C20H23BrN2O3/c1-4-26-17-8-6-5-7-16(17)19(24)23-18(13(2)3)20(25)22-15-11-9-14(21)10-12-15/h5-13,18H,4H2,1-3H3,(H,22,25)(H,23,24). The van der Waals surface area contributed by atoms with E-state index in [1.54, 1.807) is 30.3 Å². The van der Waals surface area contributed by atoms with Crippen LogP contribution in [0, 0.1) is 5.92 Å². The SMILES string of the molecule is CCOc1ccccc1C(=O)NC(C(=O)Nc1ccc(Br)cc1)C(C)C. The van der Waals surface area contributed by atoms with Gasteiger partial charge in [-0.2, -0.15) is 0 Å². The van der Waals surface area contributed by atoms with Crippen LogP contribution in [0.1, 0.15) is 31.1 Å². The summed E-state index contributed by atoms with van der Waals surface area (Å²) < 4.78 is 6.43. The quantitative estimate of drug-likeness (QED) is 0.706. The molecule has 2 aromatic carbocycles. The molecule has 0 saturated heterocycles. The minimum atomic E-state index is -0.666. The summed E-state index contributed by atoms with van der Waals surface area (Å²) in [5.41, 5.74) is 1.09. The molecule has 26 heavy (non-hydrogen) atoms. The average Bonchev–Trinajstić information content (AvgIpc) is 2.61. The van der Waals surface area contributed by atoms with E-state index in [2.05, 4.69) is 26.6 Å². The van der Waals surface area contributed by atoms with Crippen molar-refractivity contribution in [2.24, 2.45) is 5.92 Å². The highest BCUT2D eigenvalue weighted by atomic mass is 79.9. The van der Waals surface area contributed by atoms with Crippen molar-refractivity contribution in [2.75, 3.05) is 11.9 Å². The number of anilines is 1. The van der Waals surface area contributed by atoms with Crippen LogP contribution in [-0.4, -0.2) is 24.5 Å². The molecule has 0 aliphatic carbocycles. The molecule has 0 aliphatic rings. The Kier molecular flexibility index (Phi) is 7.21. The van der Waals surface area contributed by atoms with E-state index in [-0.39, 0.29) is 17.7 Å². The maximum Gasteiger partial charge on any atom is 0.255 e. The second-order valence-electron chi connectivity index (χ2n) is 6.12. The van der Waals surface area contributed by atoms with E-state index >= 15 is 0 Å². The number of para-hydroxylation sites is 1. The Bertz CT molecular complexity index is 760. The minimum absolute atomic E-state index is 0.0753. The van der Waals surface area contributed by atoms with E-state index in [9.17, 15) is 9.59 Å². The first-order chi connectivity index (χ1) is 12.4. The van der Waals surface area contributed by atoms with Crippen molar-refractivity contribution in [3.05, 3.63) is 58.6 Å². The molecule has 0 heterocycles. The number of halogens is 1. The predicted molar refractivity (Wildman–Crippen MR) is 106 cm³/mol. The Balaban J connectivity index is 2.13. The van der Waals surface area contributed by atoms with E-state index in [1.165, 1.54) is 0 Å². The van der Waals surface area contributed by atoms with E-state index in [0.717, 1.165) is 4.47 Å². The number of carbonyl (C=O) groups excluding carboxylic acids is 2. The van der Waals surface area contributed by atoms with Crippen molar-refractivity contribution < 1.29 is 14.3 Å². The summed E-state index contributed by atoms with van der Waals surface area (Å²) in [6, 6.07) is 13.6. The molecular weight excluding hydrogens is 396 g/mol. The van der Waals surface area contributed by atoms with Crippen molar-refractivity contribution in [3.63, 3.8) is 0 Å². The second kappa shape index (κ2) is 9.38. The van der Waals surface area contributed by atoms with Gasteiger partial charge in [-0.25, -0.2) is 0 Å². The highest BCUT2D eigenvalue weighted by Gasteiger charge is 2.26. The third-order valence-electron chi connectivity index (χ3n) is 3.78. The highest BCUT2D eigenvalue weighted by Crippen LogP contribution is 2.19. The van der Waals surface area contributed by atoms with Gasteiger partial charge >= 0.3 is 0 Å². The van der Waals surface area contributed by atoms with Crippen LogP contribution in [-0.2, 0) is 4.79 Å². The molecule has 138 valence electrons. The summed E-state index contributed by atoms with van der Waals surface area (Å²) in [6.07, 6.45) is 0. The van der Waals surface area contributed by atoms with Crippen LogP contribution in [0.2, 0.25) is 0 Å². The third kappa shape index (κ3) is 5.33. The molecule has 0 fully saturated rings. The van der Waals surface area contributed by atoms with Gasteiger partial charge in [-0.1, -0.05) is 41.9 Å². The molecule has 1 atom stereocenters. The topological polar surface area (TPSA) is 67.4 Å². The Labute approximate surface area is 162 Å². The lowest BCUT2D eigenvalue weighted by Crippen LogP contribution is -2.47. The van der Waals surface area contributed by atoms with Crippen LogP contribution in [0.3, 0.4) is 0 Å². The van der Waals surface area contributed by atoms with E-state index in [4.69, 9.17) is 4.74 Å². The second-order valence-corrected chi connectivity index (χ2v) is 7.04. The molecule has 0 radical (unpaired) electrons. The van der Waals surface area contributed by atoms with Crippen LogP contribution in [0.5, 0.6) is 5.75 Å². The molecule has 0 saturated carbocycles. The molecule has 0 aromatic heterocycles. The maximum absolute atomic E-state index is 12.7. The first-order valence-corrected chi connectivity index (χ1v) is 9.30. The molecule has 2 rings (SSSR count). The lowest BCUT2D eigenvalue weighted by molar-refractivity contribution is -0.118. The molecule has 2 N–H and O–H groups in total. The molecule has 2 amide bonds. The Morgan fingerprint density at radius 3 is 2.35 bits per heavy atom. The zero-order chi connectivity index (χ0) is 19.1. The molecule has 2 aromatic rings. The van der Waals surface area contributed by atoms with Gasteiger partial charge in [-0.05, 0) is 49.2 Å². The van der Waals surface area contributed by atoms with Crippen LogP contribution in [0.4, 0.5) is 5.69 Å². The van der Waals surface area contributed by atoms with Crippen molar-refractivity contribution in [2.45, 2.75) is 26.8 Å². The summed E-state index contributed by atoms with van der Waals surface area (Å²) >= 11 is 3.36. The lowest BCUT2D eigenvalue weighted by atomic mass is 10.0. The zero-order valence-corrected chi connectivity index (χ0v) is 16.7. The van der Waals surface area contributed by atoms with Crippen LogP contribution in [0.15, 0.2) is 53.0 Å². The van der Waals surface area contributed by atoms with Gasteiger partial charge in [0.25, 0.3) is 5.91 Å². The normalized spacial score (nSPS) is 11.7. The van der Waals surface area contributed by atoms with Gasteiger partial charge in [0.2, 0.25) is 5.91 Å². The van der Waals surface area contributed by atoms with E-state index in [1.807, 2.05) is 39.0 Å². The number of hydrogen-bond acceptors (Lipinski definition) is 3. The highest BCUT2D eigenvalue weighted by molar-refractivity contribution is 9.10. The van der Waals surface area contributed by atoms with Gasteiger partial charge in [0, 0.05) is 10.2 Å². The van der Waals surface area contributed by atoms with Crippen LogP contribution >= 0.6 is 15.9 Å². The Morgan fingerprint density at radius 2 is 1.73 bits per heavy atom. The predicted octanol–water partition coefficient (Wildman–Crippen LogP) is 4.24. The number of nitrogens with one attached hydrogen (secondary N) is 2. The monoisotopic (exact) mass is 418 g/mol. The molecule has 0 aliphatic heterocycles. The van der Waals surface area contributed by atoms with Gasteiger partial charge in [-0.3, -0.25) is 9.59 Å². The summed E-state index contributed by atoms with van der Waals surface area (Å²) in [5.74, 6) is -0.166. The summed E-state index contributed by atoms with van der Waals surface area (Å²) in [6.45, 7) is 6.10. The van der Waals surface area contributed by atoms with Crippen molar-refractivity contribution in [1.82, 2.24) is 5.32 Å². The number of hydrogen-bond donors (Lipinski definition) is 2. The van der Waals surface area contributed by atoms with Gasteiger partial charge in [0.05, 0.1) is 12.2 Å². The maximum atomic E-state index is 12.7. The van der Waals surface area contributed by atoms with E-state index < -0.39 is 6.04 Å². The third-order valence-corrected chi connectivity index (χ3v) is 4.31. The largest absolute Gasteiger partial charge is 0.493 e. The minimum Gasteiger partial charge on any atom is -0.493 e. The molecular formula is C20H23BrN2O3. The number of benzene rings is 2. The fraction of sp³-hybridized carbons (Fsp3) is 0.300. The number of carbonyl (C=O) groups is 2. The van der Waals surface area contributed by atoms with Crippen molar-refractivity contribution in [3.8, 4) is 5.75 Å². The average molecular weight is 419 g/mol. The molecule has 1 unspecified atom stereocenters. The molecule has 6 heteroatoms. The number of ether oxygens (including phenoxy) is 1. The fourth-order valence-electron chi connectivity index (χ4n) is 2.44. The van der Waals surface area contributed by atoms with Crippen LogP contribution < -0.4 is 15.4 Å².